The van der Waals surface area contributed by atoms with Crippen LogP contribution in [0.1, 0.15) is 22.1 Å². The summed E-state index contributed by atoms with van der Waals surface area (Å²) in [5, 5.41) is 12.5. The normalized spacial score (nSPS) is 11.5. The van der Waals surface area contributed by atoms with Gasteiger partial charge < -0.3 is 9.63 Å². The highest BCUT2D eigenvalue weighted by atomic mass is 32.2. The molecular formula is C12H13N3O5S. The van der Waals surface area contributed by atoms with E-state index < -0.39 is 16.0 Å². The van der Waals surface area contributed by atoms with Crippen LogP contribution in [0.5, 0.6) is 0 Å². The number of aromatic carboxylic acids is 1. The molecule has 0 saturated carbocycles. The summed E-state index contributed by atoms with van der Waals surface area (Å²) in [4.78, 5) is 14.7. The summed E-state index contributed by atoms with van der Waals surface area (Å²) >= 11 is 0. The fraction of sp³-hybridized carbons (Fsp3) is 0.250. The van der Waals surface area contributed by atoms with Crippen molar-refractivity contribution in [3.63, 3.8) is 0 Å². The number of carboxylic acid groups (broad SMARTS) is 1. The van der Waals surface area contributed by atoms with Crippen LogP contribution in [0.25, 0.3) is 0 Å². The number of carboxylic acids is 1. The lowest BCUT2D eigenvalue weighted by Crippen LogP contribution is -2.26. The van der Waals surface area contributed by atoms with E-state index in [0.29, 0.717) is 11.7 Å². The molecule has 0 radical (unpaired) electrons. The molecule has 0 aliphatic carbocycles. The largest absolute Gasteiger partial charge is 0.478 e. The first kappa shape index (κ1) is 15.1. The van der Waals surface area contributed by atoms with Crippen LogP contribution in [0, 0.1) is 6.92 Å². The van der Waals surface area contributed by atoms with Crippen LogP contribution in [0.3, 0.4) is 0 Å². The second-order valence-corrected chi connectivity index (χ2v) is 5.98. The summed E-state index contributed by atoms with van der Waals surface area (Å²) in [6.07, 6.45) is 0.273. The zero-order valence-corrected chi connectivity index (χ0v) is 11.9. The van der Waals surface area contributed by atoms with Crippen molar-refractivity contribution < 1.29 is 22.8 Å². The van der Waals surface area contributed by atoms with Gasteiger partial charge in [0.25, 0.3) is 0 Å². The van der Waals surface area contributed by atoms with Gasteiger partial charge in [-0.3, -0.25) is 0 Å². The first-order valence-electron chi connectivity index (χ1n) is 6.01. The fourth-order valence-electron chi connectivity index (χ4n) is 1.62. The van der Waals surface area contributed by atoms with E-state index in [9.17, 15) is 13.2 Å². The van der Waals surface area contributed by atoms with E-state index in [4.69, 9.17) is 9.63 Å². The molecule has 0 spiro atoms. The van der Waals surface area contributed by atoms with E-state index in [-0.39, 0.29) is 23.4 Å². The number of aromatic nitrogens is 2. The molecule has 0 amide bonds. The number of carbonyl (C=O) groups is 1. The van der Waals surface area contributed by atoms with Crippen molar-refractivity contribution in [2.45, 2.75) is 18.2 Å². The molecule has 1 aromatic carbocycles. The summed E-state index contributed by atoms with van der Waals surface area (Å²) in [5.74, 6) is -0.383. The summed E-state index contributed by atoms with van der Waals surface area (Å²) in [7, 11) is -3.78. The predicted molar refractivity (Wildman–Crippen MR) is 71.3 cm³/mol. The van der Waals surface area contributed by atoms with Crippen molar-refractivity contribution in [3.05, 3.63) is 41.5 Å². The zero-order valence-electron chi connectivity index (χ0n) is 11.1. The van der Waals surface area contributed by atoms with E-state index >= 15 is 0 Å². The Hall–Kier alpha value is -2.26. The minimum absolute atomic E-state index is 0.0820. The van der Waals surface area contributed by atoms with Crippen molar-refractivity contribution >= 4 is 16.0 Å². The summed E-state index contributed by atoms with van der Waals surface area (Å²) < 4.78 is 31.2. The monoisotopic (exact) mass is 311 g/mol. The Morgan fingerprint density at radius 2 is 2.19 bits per heavy atom. The second-order valence-electron chi connectivity index (χ2n) is 4.21. The molecule has 0 saturated heterocycles. The van der Waals surface area contributed by atoms with Gasteiger partial charge in [-0.2, -0.15) is 4.98 Å². The molecule has 0 atom stereocenters. The van der Waals surface area contributed by atoms with Crippen LogP contribution < -0.4 is 4.72 Å². The minimum Gasteiger partial charge on any atom is -0.478 e. The summed E-state index contributed by atoms with van der Waals surface area (Å²) in [5.41, 5.74) is -0.0910. The Bertz CT molecular complexity index is 754. The fourth-order valence-corrected chi connectivity index (χ4v) is 2.70. The first-order chi connectivity index (χ1) is 9.88. The molecule has 0 unspecified atom stereocenters. The topological polar surface area (TPSA) is 122 Å². The van der Waals surface area contributed by atoms with Crippen molar-refractivity contribution in [1.29, 1.82) is 0 Å². The molecule has 9 heteroatoms. The van der Waals surface area contributed by atoms with Gasteiger partial charge in [-0.1, -0.05) is 11.2 Å². The first-order valence-corrected chi connectivity index (χ1v) is 7.49. The average Bonchev–Trinajstić information content (AvgIpc) is 2.84. The second kappa shape index (κ2) is 6.02. The van der Waals surface area contributed by atoms with Crippen molar-refractivity contribution in [3.8, 4) is 0 Å². The average molecular weight is 311 g/mol. The quantitative estimate of drug-likeness (QED) is 0.800. The van der Waals surface area contributed by atoms with Crippen molar-refractivity contribution in [2.24, 2.45) is 0 Å². The molecule has 0 fully saturated rings. The number of sulfonamides is 1. The van der Waals surface area contributed by atoms with Gasteiger partial charge in [0.05, 0.1) is 10.5 Å². The minimum atomic E-state index is -3.78. The lowest BCUT2D eigenvalue weighted by molar-refractivity contribution is 0.0696. The molecule has 2 N–H and O–H groups in total. The third kappa shape index (κ3) is 3.86. The van der Waals surface area contributed by atoms with Crippen molar-refractivity contribution in [2.75, 3.05) is 6.54 Å². The van der Waals surface area contributed by atoms with Gasteiger partial charge in [0.15, 0.2) is 5.82 Å². The van der Waals surface area contributed by atoms with Crippen LogP contribution in [0.4, 0.5) is 0 Å². The van der Waals surface area contributed by atoms with E-state index in [0.717, 1.165) is 6.07 Å². The number of hydrogen-bond acceptors (Lipinski definition) is 6. The van der Waals surface area contributed by atoms with Gasteiger partial charge in [-0.15, -0.1) is 0 Å². The maximum atomic E-state index is 12.0. The molecule has 2 aromatic rings. The lowest BCUT2D eigenvalue weighted by atomic mass is 10.2. The molecule has 8 nitrogen and oxygen atoms in total. The van der Waals surface area contributed by atoms with E-state index in [2.05, 4.69) is 14.9 Å². The van der Waals surface area contributed by atoms with Gasteiger partial charge in [0.1, 0.15) is 0 Å². The van der Waals surface area contributed by atoms with Crippen LogP contribution in [-0.4, -0.2) is 36.2 Å². The third-order valence-electron chi connectivity index (χ3n) is 2.60. The summed E-state index contributed by atoms with van der Waals surface area (Å²) in [6, 6.07) is 5.13. The highest BCUT2D eigenvalue weighted by Crippen LogP contribution is 2.11. The smallest absolute Gasteiger partial charge is 0.335 e. The molecule has 21 heavy (non-hydrogen) atoms. The van der Waals surface area contributed by atoms with Gasteiger partial charge >= 0.3 is 5.97 Å². The summed E-state index contributed by atoms with van der Waals surface area (Å²) in [6.45, 7) is 1.72. The van der Waals surface area contributed by atoms with E-state index in [1.807, 2.05) is 0 Å². The van der Waals surface area contributed by atoms with Crippen LogP contribution in [0.15, 0.2) is 33.7 Å². The van der Waals surface area contributed by atoms with Gasteiger partial charge in [0, 0.05) is 19.9 Å². The lowest BCUT2D eigenvalue weighted by Gasteiger charge is -2.06. The molecule has 0 bridgehead atoms. The van der Waals surface area contributed by atoms with E-state index in [1.54, 1.807) is 6.92 Å². The van der Waals surface area contributed by atoms with Gasteiger partial charge in [-0.25, -0.2) is 17.9 Å². The van der Waals surface area contributed by atoms with Crippen LogP contribution in [-0.2, 0) is 16.4 Å². The molecule has 112 valence electrons. The molecule has 0 aliphatic rings. The Morgan fingerprint density at radius 1 is 1.43 bits per heavy atom. The maximum absolute atomic E-state index is 12.0. The van der Waals surface area contributed by atoms with Crippen LogP contribution >= 0.6 is 0 Å². The zero-order chi connectivity index (χ0) is 15.5. The highest BCUT2D eigenvalue weighted by molar-refractivity contribution is 7.89. The molecule has 1 aromatic heterocycles. The number of nitrogens with one attached hydrogen (secondary N) is 1. The number of aryl methyl sites for hydroxylation is 1. The molecule has 0 aliphatic heterocycles. The Labute approximate surface area is 120 Å². The molecule has 2 rings (SSSR count). The van der Waals surface area contributed by atoms with Gasteiger partial charge in [0.2, 0.25) is 15.9 Å². The highest BCUT2D eigenvalue weighted by Gasteiger charge is 2.16. The molecule has 1 heterocycles. The standard InChI is InChI=1S/C12H13N3O5S/c1-8-14-11(15-20-8)5-6-13-21(18,19)10-4-2-3-9(7-10)12(16)17/h2-4,7,13H,5-6H2,1H3,(H,16,17). The van der Waals surface area contributed by atoms with E-state index in [1.165, 1.54) is 18.2 Å². The number of nitrogens with zero attached hydrogens (tertiary/aromatic N) is 2. The Balaban J connectivity index is 2.04. The number of rotatable bonds is 6. The Kier molecular flexibility index (Phi) is 4.34. The van der Waals surface area contributed by atoms with Gasteiger partial charge in [-0.05, 0) is 18.2 Å². The Morgan fingerprint density at radius 3 is 2.81 bits per heavy atom. The predicted octanol–water partition coefficient (Wildman–Crippen LogP) is 0.597. The molecular weight excluding hydrogens is 298 g/mol. The van der Waals surface area contributed by atoms with Crippen molar-refractivity contribution in [1.82, 2.24) is 14.9 Å². The number of benzene rings is 1. The SMILES string of the molecule is Cc1nc(CCNS(=O)(=O)c2cccc(C(=O)O)c2)no1. The maximum Gasteiger partial charge on any atom is 0.335 e. The number of hydrogen-bond donors (Lipinski definition) is 2. The van der Waals surface area contributed by atoms with Crippen LogP contribution in [0.2, 0.25) is 0 Å². The third-order valence-corrected chi connectivity index (χ3v) is 4.06.